The molecule has 0 aliphatic carbocycles. The van der Waals surface area contributed by atoms with Crippen LogP contribution in [0.4, 0.5) is 0 Å². The molecule has 2 bridgehead atoms. The minimum absolute atomic E-state index is 0.102. The van der Waals surface area contributed by atoms with E-state index in [0.29, 0.717) is 18.8 Å². The Morgan fingerprint density at radius 1 is 0.900 bits per heavy atom. The van der Waals surface area contributed by atoms with Gasteiger partial charge in [-0.1, -0.05) is 18.2 Å². The lowest BCUT2D eigenvalue weighted by Gasteiger charge is -2.54. The van der Waals surface area contributed by atoms with Gasteiger partial charge >= 0.3 is 17.8 Å². The van der Waals surface area contributed by atoms with Gasteiger partial charge in [-0.25, -0.2) is 14.5 Å². The van der Waals surface area contributed by atoms with E-state index in [0.717, 1.165) is 46.9 Å². The number of benzene rings is 2. The molecule has 7 heteroatoms. The summed E-state index contributed by atoms with van der Waals surface area (Å²) in [6.07, 6.45) is 3.34. The lowest BCUT2D eigenvalue weighted by Crippen LogP contribution is -2.71. The summed E-state index contributed by atoms with van der Waals surface area (Å²) in [5, 5.41) is 1.94. The molecule has 2 aromatic carbocycles. The van der Waals surface area contributed by atoms with Crippen LogP contribution in [0.3, 0.4) is 0 Å². The number of fused-ring (bicyclic) bond motifs is 5. The van der Waals surface area contributed by atoms with Gasteiger partial charge in [0.05, 0.1) is 0 Å². The fourth-order valence-electron chi connectivity index (χ4n) is 4.85. The molecular formula is C23H19NO6. The van der Waals surface area contributed by atoms with Gasteiger partial charge in [-0.05, 0) is 37.1 Å². The van der Waals surface area contributed by atoms with Crippen molar-refractivity contribution in [1.82, 2.24) is 4.90 Å². The third kappa shape index (κ3) is 2.55. The van der Waals surface area contributed by atoms with E-state index in [2.05, 4.69) is 0 Å². The van der Waals surface area contributed by atoms with Crippen molar-refractivity contribution in [3.05, 3.63) is 54.6 Å². The van der Waals surface area contributed by atoms with Gasteiger partial charge in [0.25, 0.3) is 0 Å². The Balaban J connectivity index is 1.41. The zero-order valence-electron chi connectivity index (χ0n) is 16.1. The number of hydrogen-bond donors (Lipinski definition) is 0. The van der Waals surface area contributed by atoms with Crippen molar-refractivity contribution in [1.29, 1.82) is 0 Å². The van der Waals surface area contributed by atoms with Gasteiger partial charge in [0.2, 0.25) is 0 Å². The van der Waals surface area contributed by atoms with Crippen molar-refractivity contribution < 1.29 is 28.2 Å². The Bertz CT molecular complexity index is 1180. The molecule has 7 rings (SSSR count). The first-order valence-electron chi connectivity index (χ1n) is 10.1. The molecule has 1 atom stereocenters. The Morgan fingerprint density at radius 2 is 1.60 bits per heavy atom. The van der Waals surface area contributed by atoms with Gasteiger partial charge in [-0.15, -0.1) is 0 Å². The third-order valence-electron chi connectivity index (χ3n) is 6.23. The SMILES string of the molecule is O=C1C=CC(=O)OC2(O1)C(Oc1ccc3oc4ccccc4c3c1)C1CCN2CC1. The van der Waals surface area contributed by atoms with E-state index in [4.69, 9.17) is 18.6 Å². The van der Waals surface area contributed by atoms with E-state index < -0.39 is 24.0 Å². The van der Waals surface area contributed by atoms with E-state index >= 15 is 0 Å². The smallest absolute Gasteiger partial charge is 0.359 e. The van der Waals surface area contributed by atoms with Crippen LogP contribution >= 0.6 is 0 Å². The van der Waals surface area contributed by atoms with E-state index in [-0.39, 0.29) is 5.92 Å². The monoisotopic (exact) mass is 405 g/mol. The molecule has 0 radical (unpaired) electrons. The van der Waals surface area contributed by atoms with Crippen LogP contribution in [0.15, 0.2) is 59.0 Å². The van der Waals surface area contributed by atoms with Crippen LogP contribution < -0.4 is 4.74 Å². The van der Waals surface area contributed by atoms with Crippen LogP contribution in [0.1, 0.15) is 12.8 Å². The standard InChI is InChI=1S/C23H19NO6/c25-20-7-8-21(26)30-23(29-20)22(14-9-11-24(23)12-10-14)27-15-5-6-19-17(13-15)16-3-1-2-4-18(16)28-19/h1-8,13-14,22H,9-12H2. The van der Waals surface area contributed by atoms with Crippen molar-refractivity contribution >= 4 is 33.9 Å². The van der Waals surface area contributed by atoms with Crippen molar-refractivity contribution in [3.63, 3.8) is 0 Å². The zero-order valence-corrected chi connectivity index (χ0v) is 16.1. The van der Waals surface area contributed by atoms with Crippen molar-refractivity contribution in [2.24, 2.45) is 5.92 Å². The average Bonchev–Trinajstić information content (AvgIpc) is 3.05. The number of para-hydroxylation sites is 1. The molecule has 1 spiro atoms. The maximum atomic E-state index is 12.2. The highest BCUT2D eigenvalue weighted by atomic mass is 16.8. The van der Waals surface area contributed by atoms with Crippen LogP contribution in [0.5, 0.6) is 5.75 Å². The summed E-state index contributed by atoms with van der Waals surface area (Å²) in [5.74, 6) is -2.06. The minimum Gasteiger partial charge on any atom is -0.480 e. The molecule has 3 aromatic rings. The summed E-state index contributed by atoms with van der Waals surface area (Å²) in [6.45, 7) is 1.35. The summed E-state index contributed by atoms with van der Waals surface area (Å²) in [6, 6.07) is 13.4. The van der Waals surface area contributed by atoms with Crippen molar-refractivity contribution in [2.45, 2.75) is 24.9 Å². The molecule has 152 valence electrons. The predicted octanol–water partition coefficient (Wildman–Crippen LogP) is 3.37. The molecule has 3 fully saturated rings. The molecule has 3 saturated heterocycles. The van der Waals surface area contributed by atoms with Gasteiger partial charge in [0.15, 0.2) is 6.10 Å². The van der Waals surface area contributed by atoms with Gasteiger partial charge in [0, 0.05) is 41.9 Å². The number of esters is 2. The van der Waals surface area contributed by atoms with E-state index in [1.165, 1.54) is 0 Å². The Hall–Kier alpha value is -3.32. The average molecular weight is 405 g/mol. The second-order valence-corrected chi connectivity index (χ2v) is 7.93. The highest BCUT2D eigenvalue weighted by Gasteiger charge is 2.62. The highest BCUT2D eigenvalue weighted by Crippen LogP contribution is 2.44. The molecule has 0 N–H and O–H groups in total. The molecule has 30 heavy (non-hydrogen) atoms. The first-order chi connectivity index (χ1) is 14.6. The molecule has 1 aromatic heterocycles. The maximum absolute atomic E-state index is 12.2. The van der Waals surface area contributed by atoms with Crippen molar-refractivity contribution in [3.8, 4) is 5.75 Å². The molecule has 0 amide bonds. The lowest BCUT2D eigenvalue weighted by molar-refractivity contribution is -0.348. The number of piperidine rings is 3. The Kier molecular flexibility index (Phi) is 3.70. The van der Waals surface area contributed by atoms with Crippen LogP contribution in [0.25, 0.3) is 21.9 Å². The predicted molar refractivity (Wildman–Crippen MR) is 106 cm³/mol. The topological polar surface area (TPSA) is 78.2 Å². The maximum Gasteiger partial charge on any atom is 0.359 e. The number of carbonyl (C=O) groups excluding carboxylic acids is 2. The number of carbonyl (C=O) groups is 2. The molecule has 4 aliphatic rings. The molecule has 5 heterocycles. The molecular weight excluding hydrogens is 386 g/mol. The number of ether oxygens (including phenoxy) is 3. The van der Waals surface area contributed by atoms with Crippen LogP contribution in [-0.2, 0) is 19.1 Å². The number of furan rings is 1. The van der Waals surface area contributed by atoms with E-state index in [1.54, 1.807) is 0 Å². The van der Waals surface area contributed by atoms with Crippen LogP contribution in [0, 0.1) is 5.92 Å². The molecule has 0 saturated carbocycles. The second-order valence-electron chi connectivity index (χ2n) is 7.93. The number of nitrogens with zero attached hydrogens (tertiary/aromatic N) is 1. The molecule has 7 nitrogen and oxygen atoms in total. The van der Waals surface area contributed by atoms with E-state index in [9.17, 15) is 9.59 Å². The first-order valence-corrected chi connectivity index (χ1v) is 10.1. The molecule has 4 aliphatic heterocycles. The van der Waals surface area contributed by atoms with Gasteiger partial charge in [-0.3, -0.25) is 0 Å². The summed E-state index contributed by atoms with van der Waals surface area (Å²) in [7, 11) is 0. The number of rotatable bonds is 2. The van der Waals surface area contributed by atoms with Crippen molar-refractivity contribution in [2.75, 3.05) is 13.1 Å². The summed E-state index contributed by atoms with van der Waals surface area (Å²) in [4.78, 5) is 26.3. The first kappa shape index (κ1) is 17.5. The number of hydrogen-bond acceptors (Lipinski definition) is 7. The van der Waals surface area contributed by atoms with Crippen LogP contribution in [0.2, 0.25) is 0 Å². The van der Waals surface area contributed by atoms with Gasteiger partial charge < -0.3 is 18.6 Å². The summed E-state index contributed by atoms with van der Waals surface area (Å²) < 4.78 is 23.7. The summed E-state index contributed by atoms with van der Waals surface area (Å²) >= 11 is 0. The lowest BCUT2D eigenvalue weighted by atomic mass is 9.82. The third-order valence-corrected chi connectivity index (χ3v) is 6.23. The largest absolute Gasteiger partial charge is 0.480 e. The minimum atomic E-state index is -1.55. The van der Waals surface area contributed by atoms with Gasteiger partial charge in [0.1, 0.15) is 16.9 Å². The fourth-order valence-corrected chi connectivity index (χ4v) is 4.85. The normalized spacial score (nSPS) is 27.3. The van der Waals surface area contributed by atoms with Gasteiger partial charge in [-0.2, -0.15) is 0 Å². The Labute approximate surface area is 171 Å². The quantitative estimate of drug-likeness (QED) is 0.605. The molecule has 1 unspecified atom stereocenters. The Morgan fingerprint density at radius 3 is 2.37 bits per heavy atom. The summed E-state index contributed by atoms with van der Waals surface area (Å²) in [5.41, 5.74) is 1.57. The van der Waals surface area contributed by atoms with Crippen LogP contribution in [-0.4, -0.2) is 41.9 Å². The highest BCUT2D eigenvalue weighted by molar-refractivity contribution is 6.05. The zero-order chi connectivity index (χ0) is 20.3. The van der Waals surface area contributed by atoms with E-state index in [1.807, 2.05) is 47.4 Å². The second kappa shape index (κ2) is 6.34. The fraction of sp³-hybridized carbons (Fsp3) is 0.304.